The van der Waals surface area contributed by atoms with E-state index in [1.807, 2.05) is 6.20 Å². The Hall–Kier alpha value is -2.18. The van der Waals surface area contributed by atoms with Crippen molar-refractivity contribution in [3.05, 3.63) is 17.5 Å². The van der Waals surface area contributed by atoms with E-state index >= 15 is 0 Å². The molecule has 0 aromatic carbocycles. The number of hydrogen-bond acceptors (Lipinski definition) is 5. The van der Waals surface area contributed by atoms with Crippen LogP contribution in [0.2, 0.25) is 0 Å². The highest BCUT2D eigenvalue weighted by Crippen LogP contribution is 2.18. The van der Waals surface area contributed by atoms with E-state index in [9.17, 15) is 0 Å². The molecule has 7 heteroatoms. The average Bonchev–Trinajstić information content (AvgIpc) is 2.27. The number of aromatic nitrogens is 2. The summed E-state index contributed by atoms with van der Waals surface area (Å²) in [6.45, 7) is 2.17. The van der Waals surface area contributed by atoms with Gasteiger partial charge in [0.15, 0.2) is 0 Å². The van der Waals surface area contributed by atoms with Gasteiger partial charge in [-0.15, -0.1) is 0 Å². The Morgan fingerprint density at radius 1 is 1.16 bits per heavy atom. The van der Waals surface area contributed by atoms with Crippen LogP contribution in [0.25, 0.3) is 0 Å². The molecule has 1 aromatic heterocycles. The molecule has 0 bridgehead atoms. The van der Waals surface area contributed by atoms with Gasteiger partial charge in [-0.25, -0.2) is 9.97 Å². The first kappa shape index (κ1) is 16.8. The van der Waals surface area contributed by atoms with Gasteiger partial charge >= 0.3 is 0 Å². The molecular weight excluding hydrogens is 250 g/mol. The molecular formula is C12H19N3O4. The molecule has 1 aliphatic carbocycles. The molecule has 1 aliphatic rings. The quantitative estimate of drug-likeness (QED) is 0.644. The van der Waals surface area contributed by atoms with E-state index in [0.717, 1.165) is 32.4 Å². The molecule has 19 heavy (non-hydrogen) atoms. The summed E-state index contributed by atoms with van der Waals surface area (Å²) in [6.07, 6.45) is 6.55. The van der Waals surface area contributed by atoms with Gasteiger partial charge in [0.2, 0.25) is 5.95 Å². The van der Waals surface area contributed by atoms with Gasteiger partial charge in [0.05, 0.1) is 0 Å². The summed E-state index contributed by atoms with van der Waals surface area (Å²) < 4.78 is 0. The predicted molar refractivity (Wildman–Crippen MR) is 69.7 cm³/mol. The molecule has 2 rings (SSSR count). The maximum atomic E-state index is 9.00. The van der Waals surface area contributed by atoms with Crippen molar-refractivity contribution < 1.29 is 19.8 Å². The molecule has 0 fully saturated rings. The molecule has 0 spiro atoms. The SMILES string of the molecule is CC(=O)O.CC(=O)O.Nc1ncc2c(n1)CCCC2. The summed E-state index contributed by atoms with van der Waals surface area (Å²) in [5, 5.41) is 14.8. The fourth-order valence-corrected chi connectivity index (χ4v) is 1.49. The summed E-state index contributed by atoms with van der Waals surface area (Å²) >= 11 is 0. The van der Waals surface area contributed by atoms with Crippen LogP contribution in [0.15, 0.2) is 6.20 Å². The van der Waals surface area contributed by atoms with Crippen LogP contribution in [0.5, 0.6) is 0 Å². The minimum absolute atomic E-state index is 0.408. The fourth-order valence-electron chi connectivity index (χ4n) is 1.49. The second-order valence-corrected chi connectivity index (χ2v) is 3.95. The second-order valence-electron chi connectivity index (χ2n) is 3.95. The molecule has 0 amide bonds. The molecule has 1 aromatic rings. The third-order valence-electron chi connectivity index (χ3n) is 2.08. The van der Waals surface area contributed by atoms with E-state index in [4.69, 9.17) is 25.5 Å². The zero-order valence-corrected chi connectivity index (χ0v) is 11.1. The second kappa shape index (κ2) is 8.84. The predicted octanol–water partition coefficient (Wildman–Crippen LogP) is 1.12. The maximum absolute atomic E-state index is 9.00. The van der Waals surface area contributed by atoms with E-state index in [2.05, 4.69) is 9.97 Å². The smallest absolute Gasteiger partial charge is 0.300 e. The Bertz CT molecular complexity index is 415. The molecule has 1 heterocycles. The molecule has 0 atom stereocenters. The van der Waals surface area contributed by atoms with E-state index < -0.39 is 11.9 Å². The topological polar surface area (TPSA) is 126 Å². The lowest BCUT2D eigenvalue weighted by atomic mass is 9.98. The third-order valence-corrected chi connectivity index (χ3v) is 2.08. The van der Waals surface area contributed by atoms with Crippen molar-refractivity contribution in [1.29, 1.82) is 0 Å². The van der Waals surface area contributed by atoms with E-state index in [1.165, 1.54) is 18.4 Å². The number of carboxylic acids is 2. The number of fused-ring (bicyclic) bond motifs is 1. The van der Waals surface area contributed by atoms with Crippen LogP contribution in [-0.2, 0) is 22.4 Å². The van der Waals surface area contributed by atoms with E-state index in [1.54, 1.807) is 0 Å². The molecule has 0 saturated heterocycles. The van der Waals surface area contributed by atoms with Crippen LogP contribution in [-0.4, -0.2) is 32.1 Å². The molecule has 0 saturated carbocycles. The van der Waals surface area contributed by atoms with Gasteiger partial charge in [-0.05, 0) is 31.2 Å². The minimum Gasteiger partial charge on any atom is -0.481 e. The van der Waals surface area contributed by atoms with Gasteiger partial charge in [-0.1, -0.05) is 0 Å². The van der Waals surface area contributed by atoms with E-state index in [-0.39, 0.29) is 0 Å². The third kappa shape index (κ3) is 9.51. The first-order chi connectivity index (χ1) is 8.82. The maximum Gasteiger partial charge on any atom is 0.300 e. The lowest BCUT2D eigenvalue weighted by molar-refractivity contribution is -0.135. The summed E-state index contributed by atoms with van der Waals surface area (Å²) in [7, 11) is 0. The number of nitrogen functional groups attached to an aromatic ring is 1. The molecule has 0 radical (unpaired) electrons. The highest BCUT2D eigenvalue weighted by molar-refractivity contribution is 5.63. The number of rotatable bonds is 0. The Kier molecular flexibility index (Phi) is 7.83. The van der Waals surface area contributed by atoms with Crippen LogP contribution < -0.4 is 5.73 Å². The molecule has 0 unspecified atom stereocenters. The number of hydrogen-bond donors (Lipinski definition) is 3. The zero-order chi connectivity index (χ0) is 14.8. The largest absolute Gasteiger partial charge is 0.481 e. The monoisotopic (exact) mass is 269 g/mol. The fraction of sp³-hybridized carbons (Fsp3) is 0.500. The standard InChI is InChI=1S/C8H11N3.2C2H4O2/c9-8-10-5-6-3-1-2-4-7(6)11-8;2*1-2(3)4/h5H,1-4H2,(H2,9,10,11);2*1H3,(H,3,4). The number of aryl methyl sites for hydroxylation is 2. The summed E-state index contributed by atoms with van der Waals surface area (Å²) in [5.41, 5.74) is 7.90. The number of anilines is 1. The highest BCUT2D eigenvalue weighted by Gasteiger charge is 2.10. The van der Waals surface area contributed by atoms with Crippen molar-refractivity contribution in [2.75, 3.05) is 5.73 Å². The molecule has 4 N–H and O–H groups in total. The minimum atomic E-state index is -0.833. The summed E-state index contributed by atoms with van der Waals surface area (Å²) in [6, 6.07) is 0. The van der Waals surface area contributed by atoms with Crippen LogP contribution in [0, 0.1) is 0 Å². The zero-order valence-electron chi connectivity index (χ0n) is 11.1. The van der Waals surface area contributed by atoms with Crippen LogP contribution in [0.4, 0.5) is 5.95 Å². The highest BCUT2D eigenvalue weighted by atomic mass is 16.4. The van der Waals surface area contributed by atoms with Gasteiger partial charge < -0.3 is 15.9 Å². The first-order valence-electron chi connectivity index (χ1n) is 5.82. The summed E-state index contributed by atoms with van der Waals surface area (Å²) in [5.74, 6) is -1.26. The lowest BCUT2D eigenvalue weighted by Gasteiger charge is -2.13. The number of nitrogens with two attached hydrogens (primary N) is 1. The molecule has 0 aliphatic heterocycles. The number of nitrogens with zero attached hydrogens (tertiary/aromatic N) is 2. The number of carboxylic acid groups (broad SMARTS) is 2. The normalized spacial score (nSPS) is 11.9. The van der Waals surface area contributed by atoms with Crippen LogP contribution >= 0.6 is 0 Å². The van der Waals surface area contributed by atoms with Crippen LogP contribution in [0.3, 0.4) is 0 Å². The van der Waals surface area contributed by atoms with Crippen molar-refractivity contribution in [2.45, 2.75) is 39.5 Å². The Morgan fingerprint density at radius 3 is 2.16 bits per heavy atom. The number of carbonyl (C=O) groups is 2. The summed E-state index contributed by atoms with van der Waals surface area (Å²) in [4.78, 5) is 26.1. The van der Waals surface area contributed by atoms with Crippen LogP contribution in [0.1, 0.15) is 37.9 Å². The van der Waals surface area contributed by atoms with Crippen molar-refractivity contribution >= 4 is 17.9 Å². The van der Waals surface area contributed by atoms with Gasteiger partial charge in [0.25, 0.3) is 11.9 Å². The van der Waals surface area contributed by atoms with E-state index in [0.29, 0.717) is 5.95 Å². The Morgan fingerprint density at radius 2 is 1.63 bits per heavy atom. The number of aliphatic carboxylic acids is 2. The Balaban J connectivity index is 0.000000342. The van der Waals surface area contributed by atoms with Crippen molar-refractivity contribution in [3.63, 3.8) is 0 Å². The van der Waals surface area contributed by atoms with Gasteiger partial charge in [-0.3, -0.25) is 9.59 Å². The lowest BCUT2D eigenvalue weighted by Crippen LogP contribution is -2.08. The average molecular weight is 269 g/mol. The first-order valence-corrected chi connectivity index (χ1v) is 5.82. The Labute approximate surface area is 111 Å². The van der Waals surface area contributed by atoms with Gasteiger partial charge in [0, 0.05) is 25.7 Å². The van der Waals surface area contributed by atoms with Gasteiger partial charge in [0.1, 0.15) is 0 Å². The van der Waals surface area contributed by atoms with Crippen molar-refractivity contribution in [3.8, 4) is 0 Å². The molecule has 7 nitrogen and oxygen atoms in total. The van der Waals surface area contributed by atoms with Gasteiger partial charge in [-0.2, -0.15) is 0 Å². The molecule has 106 valence electrons. The van der Waals surface area contributed by atoms with Crippen molar-refractivity contribution in [1.82, 2.24) is 9.97 Å². The van der Waals surface area contributed by atoms with Crippen molar-refractivity contribution in [2.24, 2.45) is 0 Å².